The van der Waals surface area contributed by atoms with Crippen molar-refractivity contribution in [3.8, 4) is 5.75 Å². The summed E-state index contributed by atoms with van der Waals surface area (Å²) in [5, 5.41) is 8.70. The average molecular weight is 325 g/mol. The van der Waals surface area contributed by atoms with Crippen LogP contribution in [0, 0.1) is 5.92 Å². The molecule has 1 aromatic rings. The van der Waals surface area contributed by atoms with Gasteiger partial charge in [0.05, 0.1) is 11.1 Å². The van der Waals surface area contributed by atoms with Gasteiger partial charge in [-0.15, -0.1) is 0 Å². The molecule has 3 nitrogen and oxygen atoms in total. The van der Waals surface area contributed by atoms with Gasteiger partial charge in [0.25, 0.3) is 0 Å². The molecule has 2 rings (SSSR count). The van der Waals surface area contributed by atoms with Crippen LogP contribution < -0.4 is 4.74 Å². The largest absolute Gasteiger partial charge is 0.491 e. The van der Waals surface area contributed by atoms with Gasteiger partial charge >= 0.3 is 5.97 Å². The van der Waals surface area contributed by atoms with E-state index in [1.54, 1.807) is 6.08 Å². The van der Waals surface area contributed by atoms with Gasteiger partial charge in [0.15, 0.2) is 0 Å². The van der Waals surface area contributed by atoms with Crippen LogP contribution in [0.2, 0.25) is 0 Å². The lowest BCUT2D eigenvalue weighted by Gasteiger charge is -2.14. The van der Waals surface area contributed by atoms with Crippen LogP contribution in [0.1, 0.15) is 31.2 Å². The molecule has 0 unspecified atom stereocenters. The SMILES string of the molecule is O=C(O)C=Cc1cccc(Br)c1OCC1CCCC1. The zero-order valence-electron chi connectivity index (χ0n) is 10.6. The predicted octanol–water partition coefficient (Wildman–Crippen LogP) is 4.12. The van der Waals surface area contributed by atoms with Crippen LogP contribution in [-0.2, 0) is 4.79 Å². The number of rotatable bonds is 5. The summed E-state index contributed by atoms with van der Waals surface area (Å²) in [5.74, 6) is 0.400. The lowest BCUT2D eigenvalue weighted by molar-refractivity contribution is -0.131. The second kappa shape index (κ2) is 6.75. The molecule has 19 heavy (non-hydrogen) atoms. The summed E-state index contributed by atoms with van der Waals surface area (Å²) in [5.41, 5.74) is 0.787. The van der Waals surface area contributed by atoms with Gasteiger partial charge in [-0.25, -0.2) is 4.79 Å². The molecule has 0 atom stereocenters. The minimum absolute atomic E-state index is 0.628. The molecule has 4 heteroatoms. The van der Waals surface area contributed by atoms with Crippen molar-refractivity contribution in [1.82, 2.24) is 0 Å². The van der Waals surface area contributed by atoms with Gasteiger partial charge < -0.3 is 9.84 Å². The summed E-state index contributed by atoms with van der Waals surface area (Å²) in [6.07, 6.45) is 7.72. The molecule has 0 aromatic heterocycles. The van der Waals surface area contributed by atoms with E-state index in [-0.39, 0.29) is 0 Å². The van der Waals surface area contributed by atoms with E-state index in [1.807, 2.05) is 18.2 Å². The Kier molecular flexibility index (Phi) is 5.02. The molecule has 1 aliphatic carbocycles. The normalized spacial score (nSPS) is 16.1. The standard InChI is InChI=1S/C15H17BrO3/c16-13-7-3-6-12(8-9-14(17)18)15(13)19-10-11-4-1-2-5-11/h3,6-9,11H,1-2,4-5,10H2,(H,17,18). The maximum absolute atomic E-state index is 10.6. The number of benzene rings is 1. The Morgan fingerprint density at radius 3 is 2.84 bits per heavy atom. The van der Waals surface area contributed by atoms with Crippen molar-refractivity contribution in [3.63, 3.8) is 0 Å². The Morgan fingerprint density at radius 1 is 1.42 bits per heavy atom. The zero-order valence-corrected chi connectivity index (χ0v) is 12.2. The van der Waals surface area contributed by atoms with Gasteiger partial charge in [-0.3, -0.25) is 0 Å². The quantitative estimate of drug-likeness (QED) is 0.829. The highest BCUT2D eigenvalue weighted by Crippen LogP contribution is 2.32. The summed E-state index contributed by atoms with van der Waals surface area (Å²) in [4.78, 5) is 10.6. The van der Waals surface area contributed by atoms with Gasteiger partial charge in [-0.2, -0.15) is 0 Å². The smallest absolute Gasteiger partial charge is 0.328 e. The van der Waals surface area contributed by atoms with E-state index in [0.29, 0.717) is 12.5 Å². The van der Waals surface area contributed by atoms with Crippen molar-refractivity contribution in [2.75, 3.05) is 6.61 Å². The second-order valence-corrected chi connectivity index (χ2v) is 5.65. The third kappa shape index (κ3) is 4.10. The molecule has 0 radical (unpaired) electrons. The second-order valence-electron chi connectivity index (χ2n) is 4.79. The van der Waals surface area contributed by atoms with E-state index in [2.05, 4.69) is 15.9 Å². The van der Waals surface area contributed by atoms with Crippen molar-refractivity contribution >= 4 is 28.0 Å². The number of carbonyl (C=O) groups is 1. The number of para-hydroxylation sites is 1. The first-order valence-electron chi connectivity index (χ1n) is 6.49. The van der Waals surface area contributed by atoms with Gasteiger partial charge in [0.1, 0.15) is 5.75 Å². The van der Waals surface area contributed by atoms with Crippen LogP contribution in [0.15, 0.2) is 28.7 Å². The van der Waals surface area contributed by atoms with Crippen molar-refractivity contribution in [3.05, 3.63) is 34.3 Å². The lowest BCUT2D eigenvalue weighted by Crippen LogP contribution is -2.09. The number of hydrogen-bond acceptors (Lipinski definition) is 2. The van der Waals surface area contributed by atoms with Crippen LogP contribution in [0.3, 0.4) is 0 Å². The summed E-state index contributed by atoms with van der Waals surface area (Å²) in [7, 11) is 0. The van der Waals surface area contributed by atoms with Gasteiger partial charge in [0, 0.05) is 11.6 Å². The highest BCUT2D eigenvalue weighted by atomic mass is 79.9. The average Bonchev–Trinajstić information content (AvgIpc) is 2.88. The molecular formula is C15H17BrO3. The van der Waals surface area contributed by atoms with Crippen molar-refractivity contribution < 1.29 is 14.6 Å². The summed E-state index contributed by atoms with van der Waals surface area (Å²) in [6.45, 7) is 0.705. The first kappa shape index (κ1) is 14.1. The van der Waals surface area contributed by atoms with Crippen LogP contribution >= 0.6 is 15.9 Å². The van der Waals surface area contributed by atoms with Crippen LogP contribution in [0.5, 0.6) is 5.75 Å². The zero-order chi connectivity index (χ0) is 13.7. The molecule has 1 aliphatic rings. The molecule has 1 N–H and O–H groups in total. The molecule has 0 heterocycles. The fraction of sp³-hybridized carbons (Fsp3) is 0.400. The Bertz CT molecular complexity index is 476. The van der Waals surface area contributed by atoms with Crippen molar-refractivity contribution in [2.24, 2.45) is 5.92 Å². The summed E-state index contributed by atoms with van der Waals surface area (Å²) in [6, 6.07) is 5.63. The molecule has 1 saturated carbocycles. The number of ether oxygens (including phenoxy) is 1. The molecule has 0 aliphatic heterocycles. The Hall–Kier alpha value is -1.29. The highest BCUT2D eigenvalue weighted by Gasteiger charge is 2.16. The number of carboxylic acids is 1. The monoisotopic (exact) mass is 324 g/mol. The number of hydrogen-bond donors (Lipinski definition) is 1. The third-order valence-corrected chi connectivity index (χ3v) is 3.97. The van der Waals surface area contributed by atoms with Gasteiger partial charge in [0.2, 0.25) is 0 Å². The molecule has 1 fully saturated rings. The van der Waals surface area contributed by atoms with Crippen molar-refractivity contribution in [1.29, 1.82) is 0 Å². The molecular weight excluding hydrogens is 308 g/mol. The van der Waals surface area contributed by atoms with Crippen LogP contribution in [0.25, 0.3) is 6.08 Å². The van der Waals surface area contributed by atoms with E-state index in [0.717, 1.165) is 21.9 Å². The Balaban J connectivity index is 2.10. The third-order valence-electron chi connectivity index (χ3n) is 3.34. The van der Waals surface area contributed by atoms with Gasteiger partial charge in [-0.05, 0) is 46.8 Å². The van der Waals surface area contributed by atoms with E-state index in [4.69, 9.17) is 9.84 Å². The molecule has 1 aromatic carbocycles. The molecule has 0 amide bonds. The van der Waals surface area contributed by atoms with E-state index in [1.165, 1.54) is 25.7 Å². The first-order valence-corrected chi connectivity index (χ1v) is 7.28. The van der Waals surface area contributed by atoms with E-state index >= 15 is 0 Å². The van der Waals surface area contributed by atoms with E-state index < -0.39 is 5.97 Å². The number of aliphatic carboxylic acids is 1. The molecule has 102 valence electrons. The molecule has 0 saturated heterocycles. The molecule has 0 spiro atoms. The predicted molar refractivity (Wildman–Crippen MR) is 78.3 cm³/mol. The van der Waals surface area contributed by atoms with E-state index in [9.17, 15) is 4.79 Å². The fourth-order valence-electron chi connectivity index (χ4n) is 2.35. The maximum Gasteiger partial charge on any atom is 0.328 e. The minimum atomic E-state index is -0.957. The summed E-state index contributed by atoms with van der Waals surface area (Å²) >= 11 is 3.46. The Labute approximate surface area is 121 Å². The van der Waals surface area contributed by atoms with Gasteiger partial charge in [-0.1, -0.05) is 25.0 Å². The highest BCUT2D eigenvalue weighted by molar-refractivity contribution is 9.10. The Morgan fingerprint density at radius 2 is 2.16 bits per heavy atom. The number of halogens is 1. The fourth-order valence-corrected chi connectivity index (χ4v) is 2.84. The summed E-state index contributed by atoms with van der Waals surface area (Å²) < 4.78 is 6.75. The lowest BCUT2D eigenvalue weighted by atomic mass is 10.1. The van der Waals surface area contributed by atoms with Crippen molar-refractivity contribution in [2.45, 2.75) is 25.7 Å². The topological polar surface area (TPSA) is 46.5 Å². The number of carboxylic acid groups (broad SMARTS) is 1. The molecule has 0 bridgehead atoms. The van der Waals surface area contributed by atoms with Crippen LogP contribution in [0.4, 0.5) is 0 Å². The minimum Gasteiger partial charge on any atom is -0.491 e. The maximum atomic E-state index is 10.6. The van der Waals surface area contributed by atoms with Crippen LogP contribution in [-0.4, -0.2) is 17.7 Å². The first-order chi connectivity index (χ1) is 9.16.